The maximum absolute atomic E-state index is 11.6. The van der Waals surface area contributed by atoms with Crippen molar-refractivity contribution in [3.8, 4) is 0 Å². The first-order valence-electron chi connectivity index (χ1n) is 11.7. The van der Waals surface area contributed by atoms with Crippen molar-refractivity contribution in [3.05, 3.63) is 71.0 Å². The van der Waals surface area contributed by atoms with Crippen LogP contribution in [0.1, 0.15) is 57.4 Å². The number of hydrogen-bond donors (Lipinski definition) is 0. The van der Waals surface area contributed by atoms with Crippen LogP contribution in [0, 0.1) is 23.7 Å². The minimum atomic E-state index is 0.515. The predicted octanol–water partition coefficient (Wildman–Crippen LogP) is 7.67. The Hall–Kier alpha value is -1.97. The average Bonchev–Trinajstić information content (AvgIpc) is 3.24. The molecule has 1 fully saturated rings. The fourth-order valence-electron chi connectivity index (χ4n) is 5.02. The molecule has 1 aliphatic rings. The zero-order chi connectivity index (χ0) is 24.0. The molecule has 3 unspecified atom stereocenters. The van der Waals surface area contributed by atoms with Crippen molar-refractivity contribution in [2.45, 2.75) is 53.0 Å². The number of carbonyl (C=O) groups excluding carboxylic acids is 1. The van der Waals surface area contributed by atoms with E-state index in [1.807, 2.05) is 23.6 Å². The van der Waals surface area contributed by atoms with E-state index in [0.717, 1.165) is 64.7 Å². The summed E-state index contributed by atoms with van der Waals surface area (Å²) in [5, 5.41) is 2.04. The first-order valence-corrected chi connectivity index (χ1v) is 12.6. The van der Waals surface area contributed by atoms with Crippen LogP contribution in [-0.2, 0) is 4.79 Å². The fourth-order valence-corrected chi connectivity index (χ4v) is 5.78. The van der Waals surface area contributed by atoms with Gasteiger partial charge in [-0.2, -0.15) is 0 Å². The lowest BCUT2D eigenvalue weighted by molar-refractivity contribution is -0.104. The van der Waals surface area contributed by atoms with Gasteiger partial charge in [0.05, 0.1) is 0 Å². The van der Waals surface area contributed by atoms with E-state index in [9.17, 15) is 4.79 Å². The Bertz CT molecular complexity index is 885. The van der Waals surface area contributed by atoms with Crippen molar-refractivity contribution in [1.29, 1.82) is 0 Å². The molecule has 1 aromatic rings. The van der Waals surface area contributed by atoms with E-state index in [2.05, 4.69) is 66.0 Å². The first kappa shape index (κ1) is 26.3. The molecule has 174 valence electrons. The molecule has 32 heavy (non-hydrogen) atoms. The third kappa shape index (κ3) is 6.30. The largest absolute Gasteiger partial charge is 0.303 e. The third-order valence-corrected chi connectivity index (χ3v) is 8.09. The Kier molecular flexibility index (Phi) is 9.66. The molecule has 0 radical (unpaired) electrons. The summed E-state index contributed by atoms with van der Waals surface area (Å²) in [6, 6.07) is 2.56. The van der Waals surface area contributed by atoms with Gasteiger partial charge in [-0.05, 0) is 83.7 Å². The van der Waals surface area contributed by atoms with Gasteiger partial charge in [-0.15, -0.1) is 11.3 Å². The van der Waals surface area contributed by atoms with E-state index in [1.54, 1.807) is 11.3 Å². The molecule has 0 N–H and O–H groups in total. The molecule has 1 aromatic heterocycles. The summed E-state index contributed by atoms with van der Waals surface area (Å²) in [5.41, 5.74) is 4.23. The Morgan fingerprint density at radius 2 is 1.81 bits per heavy atom. The van der Waals surface area contributed by atoms with Crippen molar-refractivity contribution < 1.29 is 4.79 Å². The van der Waals surface area contributed by atoms with Crippen molar-refractivity contribution in [2.75, 3.05) is 13.6 Å². The molecule has 3 heteroatoms. The third-order valence-electron chi connectivity index (χ3n) is 7.17. The lowest BCUT2D eigenvalue weighted by atomic mass is 9.70. The van der Waals surface area contributed by atoms with Crippen molar-refractivity contribution in [2.24, 2.45) is 23.7 Å². The minimum absolute atomic E-state index is 0.515. The average molecular weight is 452 g/mol. The lowest BCUT2D eigenvalue weighted by Gasteiger charge is -2.46. The van der Waals surface area contributed by atoms with E-state index >= 15 is 0 Å². The molecular weight excluding hydrogens is 410 g/mol. The summed E-state index contributed by atoms with van der Waals surface area (Å²) in [6.45, 7) is 27.0. The highest BCUT2D eigenvalue weighted by Gasteiger charge is 2.36. The van der Waals surface area contributed by atoms with Crippen LogP contribution in [-0.4, -0.2) is 30.8 Å². The van der Waals surface area contributed by atoms with Crippen LogP contribution in [0.5, 0.6) is 0 Å². The van der Waals surface area contributed by atoms with Gasteiger partial charge in [0.15, 0.2) is 0 Å². The van der Waals surface area contributed by atoms with Gasteiger partial charge in [0.2, 0.25) is 0 Å². The fraction of sp³-hybridized carbons (Fsp3) is 0.483. The molecule has 0 aromatic carbocycles. The van der Waals surface area contributed by atoms with Crippen molar-refractivity contribution in [3.63, 3.8) is 0 Å². The standard InChI is InChI=1S/C29H41NOS/c1-10-29-26(13-14-32-29)23(8)21(6)15-24(22(7)18-31)11-12-25-16-27(19(2)3)28(20(4)5)17-30(25)9/h10,13-15,18-20,25,27-28H,1,6-8,11-12,16-17H2,2-5,9H3/b24-15-. The lowest BCUT2D eigenvalue weighted by Crippen LogP contribution is -2.48. The van der Waals surface area contributed by atoms with Gasteiger partial charge in [0, 0.05) is 23.0 Å². The summed E-state index contributed by atoms with van der Waals surface area (Å²) in [4.78, 5) is 15.2. The van der Waals surface area contributed by atoms with Crippen LogP contribution in [0.3, 0.4) is 0 Å². The van der Waals surface area contributed by atoms with E-state index < -0.39 is 0 Å². The quantitative estimate of drug-likeness (QED) is 0.195. The SMILES string of the molecule is C=Cc1sccc1C(=C)C(=C)/C=C(/CCC1CC(C(C)C)C(C(C)C)CN1C)C(=C)C=O. The number of aldehydes is 1. The molecule has 2 heterocycles. The van der Waals surface area contributed by atoms with E-state index in [0.29, 0.717) is 23.5 Å². The summed E-state index contributed by atoms with van der Waals surface area (Å²) < 4.78 is 0. The maximum atomic E-state index is 11.6. The Morgan fingerprint density at radius 3 is 2.38 bits per heavy atom. The van der Waals surface area contributed by atoms with Crippen LogP contribution in [0.15, 0.2) is 60.6 Å². The van der Waals surface area contributed by atoms with Gasteiger partial charge in [-0.25, -0.2) is 0 Å². The number of thiophene rings is 1. The van der Waals surface area contributed by atoms with Crippen LogP contribution < -0.4 is 0 Å². The predicted molar refractivity (Wildman–Crippen MR) is 143 cm³/mol. The second-order valence-electron chi connectivity index (χ2n) is 9.90. The number of allylic oxidation sites excluding steroid dienone is 5. The second-order valence-corrected chi connectivity index (χ2v) is 10.9. The topological polar surface area (TPSA) is 20.3 Å². The number of hydrogen-bond acceptors (Lipinski definition) is 3. The van der Waals surface area contributed by atoms with Gasteiger partial charge in [-0.1, -0.05) is 66.2 Å². The highest BCUT2D eigenvalue weighted by molar-refractivity contribution is 7.11. The summed E-state index contributed by atoms with van der Waals surface area (Å²) in [5.74, 6) is 2.86. The Morgan fingerprint density at radius 1 is 1.16 bits per heavy atom. The number of likely N-dealkylation sites (tertiary alicyclic amines) is 1. The van der Waals surface area contributed by atoms with Crippen LogP contribution >= 0.6 is 11.3 Å². The monoisotopic (exact) mass is 451 g/mol. The summed E-state index contributed by atoms with van der Waals surface area (Å²) in [7, 11) is 2.25. The van der Waals surface area contributed by atoms with Gasteiger partial charge in [-0.3, -0.25) is 4.79 Å². The number of rotatable bonds is 11. The highest BCUT2D eigenvalue weighted by Crippen LogP contribution is 2.38. The van der Waals surface area contributed by atoms with E-state index in [1.165, 1.54) is 6.42 Å². The van der Waals surface area contributed by atoms with Crippen LogP contribution in [0.4, 0.5) is 0 Å². The first-order chi connectivity index (χ1) is 15.1. The minimum Gasteiger partial charge on any atom is -0.303 e. The van der Waals surface area contributed by atoms with Crippen molar-refractivity contribution >= 4 is 29.3 Å². The van der Waals surface area contributed by atoms with Gasteiger partial charge in [0.25, 0.3) is 0 Å². The molecule has 2 rings (SSSR count). The van der Waals surface area contributed by atoms with Crippen molar-refractivity contribution in [1.82, 2.24) is 4.90 Å². The second kappa shape index (κ2) is 11.8. The van der Waals surface area contributed by atoms with Gasteiger partial charge >= 0.3 is 0 Å². The molecule has 0 saturated carbocycles. The molecule has 0 aliphatic carbocycles. The summed E-state index contributed by atoms with van der Waals surface area (Å²) >= 11 is 1.64. The molecule has 1 saturated heterocycles. The van der Waals surface area contributed by atoms with Crippen LogP contribution in [0.25, 0.3) is 11.6 Å². The molecule has 0 amide bonds. The summed E-state index contributed by atoms with van der Waals surface area (Å²) in [6.07, 6.45) is 7.75. The molecule has 2 nitrogen and oxygen atoms in total. The number of piperidine rings is 1. The number of carbonyl (C=O) groups is 1. The molecular formula is C29H41NOS. The van der Waals surface area contributed by atoms with Gasteiger partial charge < -0.3 is 4.90 Å². The smallest absolute Gasteiger partial charge is 0.149 e. The molecule has 1 aliphatic heterocycles. The maximum Gasteiger partial charge on any atom is 0.149 e. The number of nitrogens with zero attached hydrogens (tertiary/aromatic N) is 1. The Labute approximate surface area is 200 Å². The van der Waals surface area contributed by atoms with Gasteiger partial charge in [0.1, 0.15) is 6.29 Å². The van der Waals surface area contributed by atoms with E-state index in [4.69, 9.17) is 0 Å². The molecule has 0 spiro atoms. The Balaban J connectivity index is 2.16. The van der Waals surface area contributed by atoms with E-state index in [-0.39, 0.29) is 0 Å². The highest BCUT2D eigenvalue weighted by atomic mass is 32.1. The molecule has 3 atom stereocenters. The normalized spacial score (nSPS) is 22.2. The zero-order valence-corrected chi connectivity index (χ0v) is 21.5. The van der Waals surface area contributed by atoms with Crippen LogP contribution in [0.2, 0.25) is 0 Å². The molecule has 0 bridgehead atoms. The zero-order valence-electron chi connectivity index (χ0n) is 20.7.